The highest BCUT2D eigenvalue weighted by Gasteiger charge is 2.20. The van der Waals surface area contributed by atoms with Crippen LogP contribution in [-0.4, -0.2) is 53.2 Å². The minimum atomic E-state index is -0.642. The molecule has 0 saturated heterocycles. The van der Waals surface area contributed by atoms with Crippen molar-refractivity contribution in [3.63, 3.8) is 0 Å². The number of ketones is 1. The second kappa shape index (κ2) is 9.21. The van der Waals surface area contributed by atoms with Crippen molar-refractivity contribution in [2.75, 3.05) is 18.0 Å². The van der Waals surface area contributed by atoms with Gasteiger partial charge in [0.05, 0.1) is 16.8 Å². The molecule has 0 N–H and O–H groups in total. The Labute approximate surface area is 215 Å². The van der Waals surface area contributed by atoms with Crippen LogP contribution < -0.4 is 4.90 Å². The highest BCUT2D eigenvalue weighted by atomic mass is 35.5. The van der Waals surface area contributed by atoms with Gasteiger partial charge in [0.2, 0.25) is 0 Å². The first-order valence-corrected chi connectivity index (χ1v) is 11.9. The lowest BCUT2D eigenvalue weighted by molar-refractivity contribution is 0.103. The molecule has 9 nitrogen and oxygen atoms in total. The van der Waals surface area contributed by atoms with E-state index < -0.39 is 5.82 Å². The lowest BCUT2D eigenvalue weighted by Gasteiger charge is -2.27. The van der Waals surface area contributed by atoms with Gasteiger partial charge in [-0.1, -0.05) is 17.7 Å². The summed E-state index contributed by atoms with van der Waals surface area (Å²) >= 11 is 5.71. The van der Waals surface area contributed by atoms with Crippen LogP contribution in [0.15, 0.2) is 67.7 Å². The molecule has 11 heteroatoms. The van der Waals surface area contributed by atoms with Gasteiger partial charge in [0.1, 0.15) is 17.7 Å². The number of anilines is 1. The number of benzene rings is 1. The molecule has 5 aromatic rings. The topological polar surface area (TPSA) is 94.1 Å². The lowest BCUT2D eigenvalue weighted by Crippen LogP contribution is -2.29. The number of fused-ring (bicyclic) bond motifs is 1. The quantitative estimate of drug-likeness (QED) is 0.324. The molecule has 0 unspecified atom stereocenters. The number of hydrogen-bond donors (Lipinski definition) is 0. The van der Waals surface area contributed by atoms with Crippen molar-refractivity contribution in [2.45, 2.75) is 6.42 Å². The van der Waals surface area contributed by atoms with Gasteiger partial charge >= 0.3 is 0 Å². The first kappa shape index (κ1) is 23.0. The van der Waals surface area contributed by atoms with E-state index in [-0.39, 0.29) is 21.9 Å². The van der Waals surface area contributed by atoms with Crippen molar-refractivity contribution in [1.82, 2.24) is 34.3 Å². The maximum atomic E-state index is 13.7. The molecule has 1 aliphatic heterocycles. The van der Waals surface area contributed by atoms with Crippen LogP contribution in [0.25, 0.3) is 22.2 Å². The molecule has 4 aromatic heterocycles. The molecule has 1 aromatic carbocycles. The molecule has 0 bridgehead atoms. The van der Waals surface area contributed by atoms with Crippen LogP contribution in [0, 0.1) is 5.82 Å². The van der Waals surface area contributed by atoms with Crippen LogP contribution >= 0.6 is 11.6 Å². The highest BCUT2D eigenvalue weighted by molar-refractivity contribution is 6.30. The van der Waals surface area contributed by atoms with Crippen LogP contribution in [0.1, 0.15) is 28.2 Å². The SMILES string of the molecule is Cn1cc(-c2cc3c(N4CC=C(c5ncc(C(=O)c6ccc(Cl)c(F)c6)cn5)CC4)ncnn3c2)cn1. The zero-order chi connectivity index (χ0) is 25.5. The Bertz CT molecular complexity index is 1670. The molecule has 0 fully saturated rings. The number of hydrogen-bond acceptors (Lipinski definition) is 7. The number of carbonyl (C=O) groups is 1. The van der Waals surface area contributed by atoms with Gasteiger partial charge in [-0.05, 0) is 36.3 Å². The first-order valence-electron chi connectivity index (χ1n) is 11.5. The largest absolute Gasteiger partial charge is 0.351 e. The van der Waals surface area contributed by atoms with E-state index >= 15 is 0 Å². The third kappa shape index (κ3) is 4.36. The van der Waals surface area contributed by atoms with E-state index in [0.29, 0.717) is 18.8 Å². The van der Waals surface area contributed by atoms with Crippen LogP contribution in [0.3, 0.4) is 0 Å². The summed E-state index contributed by atoms with van der Waals surface area (Å²) in [5, 5.41) is 8.59. The van der Waals surface area contributed by atoms with Crippen molar-refractivity contribution in [2.24, 2.45) is 7.05 Å². The Morgan fingerprint density at radius 2 is 1.84 bits per heavy atom. The normalized spacial score (nSPS) is 13.7. The lowest BCUT2D eigenvalue weighted by atomic mass is 10.0. The van der Waals surface area contributed by atoms with E-state index in [4.69, 9.17) is 11.6 Å². The molecular weight excluding hydrogens is 495 g/mol. The van der Waals surface area contributed by atoms with Crippen LogP contribution in [0.5, 0.6) is 0 Å². The van der Waals surface area contributed by atoms with Gasteiger partial charge in [-0.3, -0.25) is 9.48 Å². The minimum Gasteiger partial charge on any atom is -0.351 e. The molecule has 184 valence electrons. The molecule has 0 saturated carbocycles. The monoisotopic (exact) mass is 514 g/mol. The number of aryl methyl sites for hydroxylation is 1. The van der Waals surface area contributed by atoms with Crippen LogP contribution in [-0.2, 0) is 7.05 Å². The van der Waals surface area contributed by atoms with Gasteiger partial charge in [0.25, 0.3) is 0 Å². The van der Waals surface area contributed by atoms with Gasteiger partial charge in [-0.25, -0.2) is 23.9 Å². The summed E-state index contributed by atoms with van der Waals surface area (Å²) in [6, 6.07) is 6.02. The third-order valence-corrected chi connectivity index (χ3v) is 6.62. The van der Waals surface area contributed by atoms with Gasteiger partial charge in [-0.15, -0.1) is 0 Å². The van der Waals surface area contributed by atoms with Crippen molar-refractivity contribution < 1.29 is 9.18 Å². The Morgan fingerprint density at radius 3 is 2.54 bits per heavy atom. The Balaban J connectivity index is 1.20. The van der Waals surface area contributed by atoms with E-state index in [2.05, 4.69) is 42.2 Å². The summed E-state index contributed by atoms with van der Waals surface area (Å²) in [6.07, 6.45) is 13.0. The second-order valence-corrected chi connectivity index (χ2v) is 9.13. The Kier molecular flexibility index (Phi) is 5.72. The summed E-state index contributed by atoms with van der Waals surface area (Å²) in [6.45, 7) is 1.35. The highest BCUT2D eigenvalue weighted by Crippen LogP contribution is 2.29. The number of rotatable bonds is 5. The average molecular weight is 515 g/mol. The number of aromatic nitrogens is 7. The summed E-state index contributed by atoms with van der Waals surface area (Å²) < 4.78 is 17.3. The van der Waals surface area contributed by atoms with Crippen LogP contribution in [0.4, 0.5) is 10.2 Å². The fraction of sp³-hybridized carbons (Fsp3) is 0.154. The molecule has 1 aliphatic rings. The Morgan fingerprint density at radius 1 is 1.00 bits per heavy atom. The maximum absolute atomic E-state index is 13.7. The molecule has 0 spiro atoms. The van der Waals surface area contributed by atoms with E-state index in [1.807, 2.05) is 30.2 Å². The number of nitrogens with zero attached hydrogens (tertiary/aromatic N) is 8. The number of carbonyl (C=O) groups excluding carboxylic acids is 1. The van der Waals surface area contributed by atoms with Crippen molar-refractivity contribution in [1.29, 1.82) is 0 Å². The molecule has 5 heterocycles. The predicted molar refractivity (Wildman–Crippen MR) is 137 cm³/mol. The first-order chi connectivity index (χ1) is 18.0. The van der Waals surface area contributed by atoms with E-state index in [0.717, 1.165) is 40.6 Å². The predicted octanol–water partition coefficient (Wildman–Crippen LogP) is 4.24. The smallest absolute Gasteiger partial charge is 0.196 e. The fourth-order valence-corrected chi connectivity index (χ4v) is 4.49. The molecule has 0 atom stereocenters. The van der Waals surface area contributed by atoms with Crippen LogP contribution in [0.2, 0.25) is 5.02 Å². The summed E-state index contributed by atoms with van der Waals surface area (Å²) in [7, 11) is 1.89. The maximum Gasteiger partial charge on any atom is 0.196 e. The fourth-order valence-electron chi connectivity index (χ4n) is 4.37. The van der Waals surface area contributed by atoms with Gasteiger partial charge < -0.3 is 4.90 Å². The minimum absolute atomic E-state index is 0.0324. The molecule has 6 rings (SSSR count). The zero-order valence-corrected chi connectivity index (χ0v) is 20.5. The van der Waals surface area contributed by atoms with Gasteiger partial charge in [-0.2, -0.15) is 10.2 Å². The van der Waals surface area contributed by atoms with Gasteiger partial charge in [0.15, 0.2) is 17.4 Å². The molecule has 0 aliphatic carbocycles. The van der Waals surface area contributed by atoms with Crippen molar-refractivity contribution in [3.8, 4) is 11.1 Å². The number of halogens is 2. The second-order valence-electron chi connectivity index (χ2n) is 8.72. The standard InChI is InChI=1S/C26H20ClFN8O/c1-34-13-20(12-32-34)18-9-23-26(31-15-33-36(23)14-18)35-6-4-16(5-7-35)25-29-10-19(11-30-25)24(37)17-2-3-21(27)22(28)8-17/h2-4,8-15H,5-7H2,1H3. The summed E-state index contributed by atoms with van der Waals surface area (Å²) in [5.41, 5.74) is 4.41. The van der Waals surface area contributed by atoms with Crippen molar-refractivity contribution >= 4 is 34.3 Å². The molecule has 0 radical (unpaired) electrons. The van der Waals surface area contributed by atoms with E-state index in [9.17, 15) is 9.18 Å². The summed E-state index contributed by atoms with van der Waals surface area (Å²) in [5.74, 6) is 0.401. The molecule has 0 amide bonds. The van der Waals surface area contributed by atoms with Gasteiger partial charge in [0, 0.05) is 61.6 Å². The van der Waals surface area contributed by atoms with E-state index in [1.165, 1.54) is 24.5 Å². The molecular formula is C26H20ClFN8O. The van der Waals surface area contributed by atoms with Crippen molar-refractivity contribution in [3.05, 3.63) is 95.4 Å². The average Bonchev–Trinajstić information content (AvgIpc) is 3.56. The summed E-state index contributed by atoms with van der Waals surface area (Å²) in [4.78, 5) is 28.2. The Hall–Kier alpha value is -4.44. The van der Waals surface area contributed by atoms with E-state index in [1.54, 1.807) is 11.0 Å². The molecule has 37 heavy (non-hydrogen) atoms. The zero-order valence-electron chi connectivity index (χ0n) is 19.7. The third-order valence-electron chi connectivity index (χ3n) is 6.32.